The fraction of sp³-hybridized carbons (Fsp3) is 0.667. The Hall–Kier alpha value is -2.86. The average Bonchev–Trinajstić information content (AvgIpc) is 3.89. The number of hydrogen-bond acceptors (Lipinski definition) is 13. The lowest BCUT2D eigenvalue weighted by Gasteiger charge is -2.38. The maximum absolute atomic E-state index is 13.6. The molecule has 0 saturated heterocycles. The number of hydrogen-bond donors (Lipinski definition) is 0. The molecule has 1 fully saturated rings. The van der Waals surface area contributed by atoms with E-state index >= 15 is 0 Å². The maximum Gasteiger partial charge on any atom is 0.338 e. The summed E-state index contributed by atoms with van der Waals surface area (Å²) < 4.78 is 46.1. The van der Waals surface area contributed by atoms with E-state index < -0.39 is 29.8 Å². The van der Waals surface area contributed by atoms with Crippen LogP contribution < -0.4 is 4.90 Å². The summed E-state index contributed by atoms with van der Waals surface area (Å²) in [4.78, 5) is 30.7. The van der Waals surface area contributed by atoms with Gasteiger partial charge in [0, 0.05) is 93.9 Å². The van der Waals surface area contributed by atoms with Gasteiger partial charge < -0.3 is 42.6 Å². The monoisotopic (exact) mass is 1000 g/mol. The third-order valence-electron chi connectivity index (χ3n) is 11.4. The summed E-state index contributed by atoms with van der Waals surface area (Å²) in [5.41, 5.74) is 2.91. The largest absolute Gasteiger partial charge is 0.461 e. The van der Waals surface area contributed by atoms with Gasteiger partial charge >= 0.3 is 5.97 Å². The first-order chi connectivity index (χ1) is 30.3. The number of fused-ring (bicyclic) bond motifs is 1. The van der Waals surface area contributed by atoms with Gasteiger partial charge in [-0.1, -0.05) is 65.0 Å². The minimum atomic E-state index is -1.34. The standard InChI is InChI=1S/C45H74BrN7O8Si3/c1-55-20-22-60-44(54)45(61-23-21-56-2)16-14-35(15-17-45)40-39(46)43(52(33-58-25-28-63(6,7)8)34-59-26-29-64(9,10)11)53-41(50-40)37(31-49-53)36-12-13-38(48-30-36)42-47-18-19-51(42)32-57-24-27-62(3,4)5/h12-13,18-19,30-31,35H,14-17,20-29,32-34H2,1-11H3. The predicted molar refractivity (Wildman–Crippen MR) is 264 cm³/mol. The molecular formula is C45H74BrN7O8Si3. The number of ether oxygens (including phenoxy) is 7. The molecule has 0 N–H and O–H groups in total. The first kappa shape index (κ1) is 52.1. The predicted octanol–water partition coefficient (Wildman–Crippen LogP) is 9.41. The van der Waals surface area contributed by atoms with E-state index in [1.54, 1.807) is 20.4 Å². The lowest BCUT2D eigenvalue weighted by molar-refractivity contribution is -0.181. The smallest absolute Gasteiger partial charge is 0.338 e. The zero-order valence-corrected chi connectivity index (χ0v) is 44.9. The third kappa shape index (κ3) is 15.1. The highest BCUT2D eigenvalue weighted by atomic mass is 79.9. The average molecular weight is 1010 g/mol. The van der Waals surface area contributed by atoms with Gasteiger partial charge in [-0.3, -0.25) is 4.98 Å². The van der Waals surface area contributed by atoms with E-state index in [2.05, 4.69) is 84.7 Å². The van der Waals surface area contributed by atoms with E-state index in [0.29, 0.717) is 78.0 Å². The van der Waals surface area contributed by atoms with E-state index in [9.17, 15) is 4.79 Å². The van der Waals surface area contributed by atoms with Gasteiger partial charge in [0.05, 0.1) is 36.2 Å². The molecule has 4 aromatic rings. The van der Waals surface area contributed by atoms with Crippen molar-refractivity contribution in [2.45, 2.75) is 121 Å². The molecule has 15 nitrogen and oxygen atoms in total. The number of esters is 1. The van der Waals surface area contributed by atoms with Crippen LogP contribution in [0, 0.1) is 0 Å². The van der Waals surface area contributed by atoms with Gasteiger partial charge in [-0.15, -0.1) is 0 Å². The Kier molecular flexibility index (Phi) is 19.3. The number of imidazole rings is 1. The minimum Gasteiger partial charge on any atom is -0.461 e. The van der Waals surface area contributed by atoms with Gasteiger partial charge in [0.2, 0.25) is 0 Å². The van der Waals surface area contributed by atoms with E-state index in [1.165, 1.54) is 0 Å². The number of nitrogens with zero attached hydrogens (tertiary/aromatic N) is 7. The fourth-order valence-corrected chi connectivity index (χ4v) is 10.4. The summed E-state index contributed by atoms with van der Waals surface area (Å²) in [7, 11) is -0.679. The van der Waals surface area contributed by atoms with Gasteiger partial charge in [-0.2, -0.15) is 9.61 Å². The van der Waals surface area contributed by atoms with Crippen LogP contribution in [0.15, 0.2) is 41.4 Å². The van der Waals surface area contributed by atoms with Crippen LogP contribution in [-0.4, -0.2) is 139 Å². The second-order valence-corrected chi connectivity index (χ2v) is 38.1. The summed E-state index contributed by atoms with van der Waals surface area (Å²) in [5.74, 6) is 1.15. The van der Waals surface area contributed by atoms with Crippen LogP contribution in [0.2, 0.25) is 77.1 Å². The summed E-state index contributed by atoms with van der Waals surface area (Å²) in [5, 5.41) is 4.99. The summed E-state index contributed by atoms with van der Waals surface area (Å²) in [6.45, 7) is 25.4. The molecule has 4 aromatic heterocycles. The van der Waals surface area contributed by atoms with Crippen molar-refractivity contribution < 1.29 is 38.0 Å². The Morgan fingerprint density at radius 1 is 0.797 bits per heavy atom. The highest BCUT2D eigenvalue weighted by Crippen LogP contribution is 2.45. The molecule has 0 amide bonds. The molecule has 4 heterocycles. The summed E-state index contributed by atoms with van der Waals surface area (Å²) in [6, 6.07) is 7.22. The number of methoxy groups -OCH3 is 2. The van der Waals surface area contributed by atoms with Crippen molar-refractivity contribution in [3.8, 4) is 22.6 Å². The third-order valence-corrected chi connectivity index (χ3v) is 17.2. The van der Waals surface area contributed by atoms with Crippen molar-refractivity contribution in [1.29, 1.82) is 0 Å². The van der Waals surface area contributed by atoms with Gasteiger partial charge in [0.15, 0.2) is 22.9 Å². The van der Waals surface area contributed by atoms with Crippen LogP contribution in [-0.2, 0) is 44.7 Å². The highest BCUT2D eigenvalue weighted by molar-refractivity contribution is 9.10. The van der Waals surface area contributed by atoms with Crippen molar-refractivity contribution >= 4 is 57.6 Å². The molecular weight excluding hydrogens is 931 g/mol. The topological polar surface area (TPSA) is 146 Å². The van der Waals surface area contributed by atoms with Crippen LogP contribution in [0.5, 0.6) is 0 Å². The Bertz CT molecular complexity index is 2040. The zero-order valence-electron chi connectivity index (χ0n) is 40.3. The van der Waals surface area contributed by atoms with E-state index in [0.717, 1.165) is 63.4 Å². The first-order valence-electron chi connectivity index (χ1n) is 22.7. The number of rotatable bonds is 27. The molecule has 0 aliphatic heterocycles. The fourth-order valence-electron chi connectivity index (χ4n) is 7.30. The lowest BCUT2D eigenvalue weighted by Crippen LogP contribution is -2.46. The van der Waals surface area contributed by atoms with Crippen LogP contribution >= 0.6 is 15.9 Å². The summed E-state index contributed by atoms with van der Waals surface area (Å²) in [6.07, 6.45) is 9.62. The molecule has 0 bridgehead atoms. The second kappa shape index (κ2) is 23.7. The first-order valence-corrected chi connectivity index (χ1v) is 34.6. The van der Waals surface area contributed by atoms with Crippen molar-refractivity contribution in [2.24, 2.45) is 0 Å². The Morgan fingerprint density at radius 3 is 1.98 bits per heavy atom. The maximum atomic E-state index is 13.6. The SMILES string of the molecule is COCCOC(=O)C1(OCCOC)CCC(c2nc3c(-c4ccc(-c5nccn5COCC[Si](C)(C)C)nc4)cnn3c(N(COCC[Si](C)(C)C)COCC[Si](C)(C)C)c2Br)CC1. The molecule has 1 aliphatic rings. The number of anilines is 1. The molecule has 0 spiro atoms. The molecule has 0 aromatic carbocycles. The molecule has 64 heavy (non-hydrogen) atoms. The molecule has 19 heteroatoms. The molecule has 5 rings (SSSR count). The van der Waals surface area contributed by atoms with E-state index in [-0.39, 0.29) is 25.1 Å². The van der Waals surface area contributed by atoms with Crippen LogP contribution in [0.1, 0.15) is 37.3 Å². The normalized spacial score (nSPS) is 17.3. The molecule has 0 radical (unpaired) electrons. The minimum absolute atomic E-state index is 0.0124. The molecule has 0 atom stereocenters. The van der Waals surface area contributed by atoms with Gasteiger partial charge in [0.25, 0.3) is 0 Å². The molecule has 1 aliphatic carbocycles. The lowest BCUT2D eigenvalue weighted by atomic mass is 9.77. The van der Waals surface area contributed by atoms with Gasteiger partial charge in [0.1, 0.15) is 32.5 Å². The van der Waals surface area contributed by atoms with Crippen LogP contribution in [0.3, 0.4) is 0 Å². The summed E-state index contributed by atoms with van der Waals surface area (Å²) >= 11 is 4.06. The number of carbonyl (C=O) groups is 1. The Balaban J connectivity index is 1.52. The van der Waals surface area contributed by atoms with Crippen molar-refractivity contribution in [1.82, 2.24) is 29.1 Å². The molecule has 1 saturated carbocycles. The van der Waals surface area contributed by atoms with Crippen LogP contribution in [0.4, 0.5) is 5.82 Å². The number of aromatic nitrogens is 6. The van der Waals surface area contributed by atoms with Gasteiger partial charge in [-0.25, -0.2) is 14.8 Å². The van der Waals surface area contributed by atoms with Crippen LogP contribution in [0.25, 0.3) is 28.3 Å². The molecule has 356 valence electrons. The molecule has 0 unspecified atom stereocenters. The van der Waals surface area contributed by atoms with Crippen molar-refractivity contribution in [2.75, 3.05) is 78.8 Å². The highest BCUT2D eigenvalue weighted by Gasteiger charge is 2.45. The van der Waals surface area contributed by atoms with Crippen molar-refractivity contribution in [3.63, 3.8) is 0 Å². The quantitative estimate of drug-likeness (QED) is 0.0242. The van der Waals surface area contributed by atoms with E-state index in [4.69, 9.17) is 48.2 Å². The number of pyridine rings is 1. The second-order valence-electron chi connectivity index (χ2n) is 20.4. The number of carbonyl (C=O) groups excluding carboxylic acids is 1. The Morgan fingerprint density at radius 2 is 1.41 bits per heavy atom. The Labute approximate surface area is 392 Å². The van der Waals surface area contributed by atoms with Crippen molar-refractivity contribution in [3.05, 3.63) is 47.1 Å². The number of halogens is 1. The van der Waals surface area contributed by atoms with Gasteiger partial charge in [-0.05, 0) is 65.8 Å². The van der Waals surface area contributed by atoms with E-state index in [1.807, 2.05) is 39.8 Å². The zero-order chi connectivity index (χ0) is 46.5.